The van der Waals surface area contributed by atoms with E-state index in [4.69, 9.17) is 4.74 Å². The van der Waals surface area contributed by atoms with E-state index in [2.05, 4.69) is 31.3 Å². The van der Waals surface area contributed by atoms with Crippen molar-refractivity contribution in [3.8, 4) is 11.1 Å². The molecular formula is C27H31NO3S. The van der Waals surface area contributed by atoms with Gasteiger partial charge in [-0.25, -0.2) is 4.79 Å². The lowest BCUT2D eigenvalue weighted by Gasteiger charge is -2.23. The number of hydrogen-bond acceptors (Lipinski definition) is 4. The van der Waals surface area contributed by atoms with Crippen LogP contribution in [0.25, 0.3) is 11.1 Å². The second kappa shape index (κ2) is 10.1. The first-order chi connectivity index (χ1) is 15.2. The quantitative estimate of drug-likeness (QED) is 0.380. The highest BCUT2D eigenvalue weighted by atomic mass is 32.1. The number of amides is 1. The monoisotopic (exact) mass is 449 g/mol. The van der Waals surface area contributed by atoms with Gasteiger partial charge < -0.3 is 10.1 Å². The number of rotatable bonds is 8. The number of carbonyl (C=O) groups excluding carboxylic acids is 2. The van der Waals surface area contributed by atoms with Crippen LogP contribution in [0.1, 0.15) is 62.0 Å². The van der Waals surface area contributed by atoms with Crippen LogP contribution in [0.5, 0.6) is 0 Å². The van der Waals surface area contributed by atoms with Gasteiger partial charge in [0.05, 0.1) is 6.61 Å². The molecule has 2 aromatic carbocycles. The van der Waals surface area contributed by atoms with Crippen molar-refractivity contribution in [1.29, 1.82) is 0 Å². The minimum Gasteiger partial charge on any atom is -0.462 e. The van der Waals surface area contributed by atoms with Gasteiger partial charge in [0.1, 0.15) is 10.6 Å². The van der Waals surface area contributed by atoms with E-state index in [-0.39, 0.29) is 12.5 Å². The van der Waals surface area contributed by atoms with Gasteiger partial charge >= 0.3 is 5.97 Å². The molecule has 0 radical (unpaired) electrons. The molecule has 0 fully saturated rings. The van der Waals surface area contributed by atoms with E-state index in [9.17, 15) is 9.59 Å². The molecule has 0 aliphatic carbocycles. The Hall–Kier alpha value is -2.92. The van der Waals surface area contributed by atoms with E-state index in [1.807, 2.05) is 61.7 Å². The van der Waals surface area contributed by atoms with Crippen LogP contribution < -0.4 is 5.32 Å². The van der Waals surface area contributed by atoms with E-state index in [0.717, 1.165) is 16.7 Å². The van der Waals surface area contributed by atoms with Crippen LogP contribution in [0.3, 0.4) is 0 Å². The fraction of sp³-hybridized carbons (Fsp3) is 0.333. The van der Waals surface area contributed by atoms with Gasteiger partial charge in [0, 0.05) is 16.4 Å². The fourth-order valence-corrected chi connectivity index (χ4v) is 4.53. The Morgan fingerprint density at radius 3 is 2.28 bits per heavy atom. The van der Waals surface area contributed by atoms with Crippen LogP contribution in [-0.4, -0.2) is 18.5 Å². The van der Waals surface area contributed by atoms with Crippen molar-refractivity contribution in [2.45, 2.75) is 47.0 Å². The second-order valence-corrected chi connectivity index (χ2v) is 9.73. The molecule has 1 heterocycles. The molecule has 0 bridgehead atoms. The van der Waals surface area contributed by atoms with Gasteiger partial charge in [-0.1, -0.05) is 82.3 Å². The van der Waals surface area contributed by atoms with Crippen molar-refractivity contribution in [3.05, 3.63) is 76.7 Å². The lowest BCUT2D eigenvalue weighted by atomic mass is 9.85. The Bertz CT molecular complexity index is 1070. The van der Waals surface area contributed by atoms with E-state index < -0.39 is 11.4 Å². The molecule has 1 aromatic heterocycles. The lowest BCUT2D eigenvalue weighted by molar-refractivity contribution is -0.123. The van der Waals surface area contributed by atoms with Crippen molar-refractivity contribution in [3.63, 3.8) is 0 Å². The predicted octanol–water partition coefficient (Wildman–Crippen LogP) is 6.92. The molecule has 0 saturated carbocycles. The Labute approximate surface area is 194 Å². The van der Waals surface area contributed by atoms with Crippen LogP contribution in [0.15, 0.2) is 60.0 Å². The van der Waals surface area contributed by atoms with Crippen molar-refractivity contribution >= 4 is 28.2 Å². The molecule has 0 atom stereocenters. The molecule has 1 N–H and O–H groups in total. The van der Waals surface area contributed by atoms with Gasteiger partial charge in [0.15, 0.2) is 0 Å². The second-order valence-electron chi connectivity index (χ2n) is 8.85. The number of carbonyl (C=O) groups is 2. The highest BCUT2D eigenvalue weighted by Gasteiger charge is 2.31. The Morgan fingerprint density at radius 2 is 1.69 bits per heavy atom. The first-order valence-electron chi connectivity index (χ1n) is 11.0. The molecule has 0 saturated heterocycles. The van der Waals surface area contributed by atoms with Gasteiger partial charge in [0.25, 0.3) is 0 Å². The third-order valence-corrected chi connectivity index (χ3v) is 6.39. The topological polar surface area (TPSA) is 55.4 Å². The summed E-state index contributed by atoms with van der Waals surface area (Å²) in [5.74, 6) is -0.124. The summed E-state index contributed by atoms with van der Waals surface area (Å²) in [6, 6.07) is 18.1. The summed E-state index contributed by atoms with van der Waals surface area (Å²) in [4.78, 5) is 26.0. The molecule has 3 rings (SSSR count). The van der Waals surface area contributed by atoms with Crippen molar-refractivity contribution in [2.24, 2.45) is 5.41 Å². The summed E-state index contributed by atoms with van der Waals surface area (Å²) in [6.07, 6.45) is 0.601. The van der Waals surface area contributed by atoms with Gasteiger partial charge in [-0.2, -0.15) is 0 Å². The summed E-state index contributed by atoms with van der Waals surface area (Å²) < 4.78 is 5.33. The third-order valence-electron chi connectivity index (χ3n) is 5.49. The molecule has 0 unspecified atom stereocenters. The lowest BCUT2D eigenvalue weighted by Crippen LogP contribution is -2.33. The van der Waals surface area contributed by atoms with Crippen molar-refractivity contribution in [1.82, 2.24) is 0 Å². The number of anilines is 1. The molecule has 0 spiro atoms. The zero-order valence-corrected chi connectivity index (χ0v) is 20.2. The Balaban J connectivity index is 1.90. The SMILES string of the molecule is CCOC(=O)c1c(-c2ccc(C(C)C)cc2)csc1NC(=O)C(C)(C)Cc1ccccc1. The first kappa shape index (κ1) is 23.7. The zero-order chi connectivity index (χ0) is 23.3. The Morgan fingerprint density at radius 1 is 1.03 bits per heavy atom. The maximum atomic E-state index is 13.2. The molecule has 3 aromatic rings. The average molecular weight is 450 g/mol. The van der Waals surface area contributed by atoms with Crippen LogP contribution in [0.4, 0.5) is 5.00 Å². The Kier molecular flexibility index (Phi) is 7.52. The number of thiophene rings is 1. The third kappa shape index (κ3) is 5.46. The van der Waals surface area contributed by atoms with Gasteiger partial charge in [0.2, 0.25) is 5.91 Å². The standard InChI is InChI=1S/C27H31NO3S/c1-6-31-25(29)23-22(21-14-12-20(13-15-21)18(2)3)17-32-24(23)28-26(30)27(4,5)16-19-10-8-7-9-11-19/h7-15,17-18H,6,16H2,1-5H3,(H,28,30). The van der Waals surface area contributed by atoms with E-state index in [1.165, 1.54) is 16.9 Å². The fourth-order valence-electron chi connectivity index (χ4n) is 3.57. The van der Waals surface area contributed by atoms with E-state index in [1.54, 1.807) is 6.92 Å². The maximum Gasteiger partial charge on any atom is 0.341 e. The highest BCUT2D eigenvalue weighted by Crippen LogP contribution is 2.38. The summed E-state index contributed by atoms with van der Waals surface area (Å²) in [5.41, 5.74) is 3.81. The molecule has 4 nitrogen and oxygen atoms in total. The van der Waals surface area contributed by atoms with E-state index in [0.29, 0.717) is 22.9 Å². The normalized spacial score (nSPS) is 11.4. The molecule has 0 aliphatic heterocycles. The number of nitrogens with one attached hydrogen (secondary N) is 1. The van der Waals surface area contributed by atoms with E-state index >= 15 is 0 Å². The minimum atomic E-state index is -0.643. The summed E-state index contributed by atoms with van der Waals surface area (Å²) in [5, 5.41) is 5.45. The molecule has 0 aliphatic rings. The van der Waals surface area contributed by atoms with Gasteiger partial charge in [-0.05, 0) is 36.0 Å². The molecule has 1 amide bonds. The number of esters is 1. The molecule has 32 heavy (non-hydrogen) atoms. The van der Waals surface area contributed by atoms with Crippen LogP contribution in [0, 0.1) is 5.41 Å². The minimum absolute atomic E-state index is 0.129. The largest absolute Gasteiger partial charge is 0.462 e. The van der Waals surface area contributed by atoms with Crippen LogP contribution in [0.2, 0.25) is 0 Å². The molecule has 168 valence electrons. The number of benzene rings is 2. The molecular weight excluding hydrogens is 418 g/mol. The number of ether oxygens (including phenoxy) is 1. The van der Waals surface area contributed by atoms with Gasteiger partial charge in [-0.3, -0.25) is 4.79 Å². The zero-order valence-electron chi connectivity index (χ0n) is 19.4. The van der Waals surface area contributed by atoms with Crippen LogP contribution in [-0.2, 0) is 16.0 Å². The molecule has 5 heteroatoms. The van der Waals surface area contributed by atoms with Crippen LogP contribution >= 0.6 is 11.3 Å². The van der Waals surface area contributed by atoms with Crippen molar-refractivity contribution < 1.29 is 14.3 Å². The summed E-state index contributed by atoms with van der Waals surface area (Å²) in [7, 11) is 0. The maximum absolute atomic E-state index is 13.2. The smallest absolute Gasteiger partial charge is 0.341 e. The average Bonchev–Trinajstić information content (AvgIpc) is 3.18. The summed E-state index contributed by atoms with van der Waals surface area (Å²) in [6.45, 7) is 10.2. The first-order valence-corrected chi connectivity index (χ1v) is 11.8. The highest BCUT2D eigenvalue weighted by molar-refractivity contribution is 7.15. The summed E-state index contributed by atoms with van der Waals surface area (Å²) >= 11 is 1.35. The number of hydrogen-bond donors (Lipinski definition) is 1. The van der Waals surface area contributed by atoms with Gasteiger partial charge in [-0.15, -0.1) is 11.3 Å². The predicted molar refractivity (Wildman–Crippen MR) is 132 cm³/mol. The van der Waals surface area contributed by atoms with Crippen molar-refractivity contribution in [2.75, 3.05) is 11.9 Å².